The van der Waals surface area contributed by atoms with E-state index in [1.54, 1.807) is 21.9 Å². The van der Waals surface area contributed by atoms with E-state index < -0.39 is 17.5 Å². The van der Waals surface area contributed by atoms with Gasteiger partial charge in [-0.15, -0.1) is 0 Å². The van der Waals surface area contributed by atoms with Crippen LogP contribution in [0.15, 0.2) is 61.2 Å². The van der Waals surface area contributed by atoms with Crippen LogP contribution in [-0.2, 0) is 14.3 Å². The number of carbonyl (C=O) groups excluding carboxylic acids is 3. The summed E-state index contributed by atoms with van der Waals surface area (Å²) in [6, 6.07) is 6.75. The van der Waals surface area contributed by atoms with Gasteiger partial charge in [-0.05, 0) is 77.3 Å². The Kier molecular flexibility index (Phi) is 10.6. The van der Waals surface area contributed by atoms with Gasteiger partial charge in [-0.1, -0.05) is 36.9 Å². The van der Waals surface area contributed by atoms with Crippen LogP contribution in [0.5, 0.6) is 0 Å². The topological polar surface area (TPSA) is 79.4 Å². The minimum atomic E-state index is -0.687. The fourth-order valence-corrected chi connectivity index (χ4v) is 5.42. The molecule has 1 aromatic carbocycles. The van der Waals surface area contributed by atoms with Gasteiger partial charge in [0.05, 0.1) is 6.04 Å². The molecule has 0 aromatic heterocycles. The number of amides is 3. The number of rotatable bonds is 7. The number of benzene rings is 1. The first-order valence-corrected chi connectivity index (χ1v) is 14.3. The SMILES string of the molecule is C=C(F)/C=C\C(=C)OC(=O)N(C(C)C)[C@H]1CN(C(=O)C2CCN(C(=O)OC(C)(C)C)CC2)C[C@@H]1c1ccc(Cl)cc1. The average molecular weight is 590 g/mol. The van der Waals surface area contributed by atoms with Crippen LogP contribution in [0.2, 0.25) is 5.02 Å². The number of halogens is 2. The molecule has 2 atom stereocenters. The van der Waals surface area contributed by atoms with Crippen molar-refractivity contribution in [2.24, 2.45) is 5.92 Å². The summed E-state index contributed by atoms with van der Waals surface area (Å²) in [5.74, 6) is -1.14. The van der Waals surface area contributed by atoms with Crippen LogP contribution in [0, 0.1) is 5.92 Å². The Balaban J connectivity index is 1.78. The number of hydrogen-bond acceptors (Lipinski definition) is 5. The van der Waals surface area contributed by atoms with Crippen molar-refractivity contribution in [1.82, 2.24) is 14.7 Å². The van der Waals surface area contributed by atoms with E-state index in [0.717, 1.165) is 11.6 Å². The molecule has 0 N–H and O–H groups in total. The molecule has 2 aliphatic heterocycles. The second-order valence-corrected chi connectivity index (χ2v) is 12.3. The summed E-state index contributed by atoms with van der Waals surface area (Å²) in [6.45, 7) is 17.7. The third kappa shape index (κ3) is 8.83. The molecule has 0 saturated carbocycles. The van der Waals surface area contributed by atoms with Gasteiger partial charge in [-0.25, -0.2) is 14.0 Å². The number of likely N-dealkylation sites (tertiary alicyclic amines) is 2. The second-order valence-electron chi connectivity index (χ2n) is 11.8. The predicted octanol–water partition coefficient (Wildman–Crippen LogP) is 6.68. The Morgan fingerprint density at radius 1 is 1.05 bits per heavy atom. The molecule has 10 heteroatoms. The van der Waals surface area contributed by atoms with Gasteiger partial charge < -0.3 is 19.3 Å². The number of carbonyl (C=O) groups is 3. The lowest BCUT2D eigenvalue weighted by Gasteiger charge is -2.35. The first kappa shape index (κ1) is 32.2. The molecule has 8 nitrogen and oxygen atoms in total. The molecule has 0 unspecified atom stereocenters. The molecule has 2 saturated heterocycles. The molecule has 3 rings (SSSR count). The Hall–Kier alpha value is -3.33. The highest BCUT2D eigenvalue weighted by Crippen LogP contribution is 2.35. The van der Waals surface area contributed by atoms with Crippen molar-refractivity contribution in [1.29, 1.82) is 0 Å². The van der Waals surface area contributed by atoms with Crippen molar-refractivity contribution in [2.75, 3.05) is 26.2 Å². The van der Waals surface area contributed by atoms with Crippen molar-refractivity contribution >= 4 is 29.7 Å². The lowest BCUT2D eigenvalue weighted by atomic mass is 9.92. The van der Waals surface area contributed by atoms with E-state index in [4.69, 9.17) is 21.1 Å². The molecule has 0 bridgehead atoms. The summed E-state index contributed by atoms with van der Waals surface area (Å²) < 4.78 is 24.0. The number of ether oxygens (including phenoxy) is 2. The van der Waals surface area contributed by atoms with Crippen molar-refractivity contribution < 1.29 is 28.2 Å². The van der Waals surface area contributed by atoms with Gasteiger partial charge in [0.15, 0.2) is 0 Å². The zero-order chi connectivity index (χ0) is 30.5. The summed E-state index contributed by atoms with van der Waals surface area (Å²) in [5, 5.41) is 0.589. The molecule has 2 aliphatic rings. The first-order valence-electron chi connectivity index (χ1n) is 13.9. The summed E-state index contributed by atoms with van der Waals surface area (Å²) in [4.78, 5) is 44.6. The quantitative estimate of drug-likeness (QED) is 0.262. The van der Waals surface area contributed by atoms with Crippen molar-refractivity contribution in [3.05, 3.63) is 71.7 Å². The van der Waals surface area contributed by atoms with E-state index in [-0.39, 0.29) is 41.7 Å². The molecule has 2 fully saturated rings. The lowest BCUT2D eigenvalue weighted by molar-refractivity contribution is -0.136. The molecule has 1 aromatic rings. The van der Waals surface area contributed by atoms with Crippen molar-refractivity contribution in [3.8, 4) is 0 Å². The summed E-state index contributed by atoms with van der Waals surface area (Å²) >= 11 is 6.14. The van der Waals surface area contributed by atoms with Crippen LogP contribution < -0.4 is 0 Å². The molecular weight excluding hydrogens is 549 g/mol. The Labute approximate surface area is 247 Å². The van der Waals surface area contributed by atoms with Gasteiger partial charge in [0, 0.05) is 49.1 Å². The maximum Gasteiger partial charge on any atom is 0.415 e. The average Bonchev–Trinajstić information content (AvgIpc) is 3.31. The predicted molar refractivity (Wildman–Crippen MR) is 157 cm³/mol. The maximum atomic E-state index is 13.7. The maximum absolute atomic E-state index is 13.7. The number of hydrogen-bond donors (Lipinski definition) is 0. The summed E-state index contributed by atoms with van der Waals surface area (Å²) in [6.07, 6.45) is 2.37. The van der Waals surface area contributed by atoms with Gasteiger partial charge in [-0.3, -0.25) is 9.69 Å². The zero-order valence-corrected chi connectivity index (χ0v) is 25.3. The van der Waals surface area contributed by atoms with Gasteiger partial charge in [0.2, 0.25) is 5.91 Å². The van der Waals surface area contributed by atoms with Crippen LogP contribution in [0.1, 0.15) is 58.9 Å². The molecular formula is C31H41ClFN3O5. The highest BCUT2D eigenvalue weighted by Gasteiger charge is 2.44. The first-order chi connectivity index (χ1) is 19.2. The standard InChI is InChI=1S/C31H41ClFN3O5/c1-20(2)36(30(39)40-22(4)9-8-21(3)33)27-19-35(18-26(27)23-10-12-25(32)13-11-23)28(37)24-14-16-34(17-15-24)29(38)41-31(5,6)7/h8-13,20,24,26-27H,3-4,14-19H2,1-2,5-7H3/b9-8-/t26-,27+/m1/s1. The molecule has 0 radical (unpaired) electrons. The number of nitrogens with zero attached hydrogens (tertiary/aromatic N) is 3. The van der Waals surface area contributed by atoms with E-state index in [9.17, 15) is 18.8 Å². The van der Waals surface area contributed by atoms with Gasteiger partial charge >= 0.3 is 12.2 Å². The Bertz CT molecular complexity index is 1170. The molecule has 3 amide bonds. The minimum Gasteiger partial charge on any atom is -0.444 e. The van der Waals surface area contributed by atoms with Crippen LogP contribution >= 0.6 is 11.6 Å². The summed E-state index contributed by atoms with van der Waals surface area (Å²) in [5.41, 5.74) is 0.360. The molecule has 0 spiro atoms. The normalized spacial score (nSPS) is 19.9. The van der Waals surface area contributed by atoms with E-state index in [0.29, 0.717) is 44.0 Å². The third-order valence-electron chi connectivity index (χ3n) is 7.19. The number of piperidine rings is 1. The van der Waals surface area contributed by atoms with Crippen LogP contribution in [0.3, 0.4) is 0 Å². The van der Waals surface area contributed by atoms with Gasteiger partial charge in [-0.2, -0.15) is 0 Å². The minimum absolute atomic E-state index is 0.00109. The molecule has 224 valence electrons. The van der Waals surface area contributed by atoms with Crippen LogP contribution in [0.4, 0.5) is 14.0 Å². The fourth-order valence-electron chi connectivity index (χ4n) is 5.29. The van der Waals surface area contributed by atoms with Crippen molar-refractivity contribution in [3.63, 3.8) is 0 Å². The van der Waals surface area contributed by atoms with Crippen molar-refractivity contribution in [2.45, 2.75) is 71.1 Å². The highest BCUT2D eigenvalue weighted by atomic mass is 35.5. The van der Waals surface area contributed by atoms with Crippen LogP contribution in [-0.4, -0.2) is 76.7 Å². The molecule has 41 heavy (non-hydrogen) atoms. The fraction of sp³-hybridized carbons (Fsp3) is 0.516. The van der Waals surface area contributed by atoms with Gasteiger partial charge in [0.1, 0.15) is 17.2 Å². The second kappa shape index (κ2) is 13.6. The lowest BCUT2D eigenvalue weighted by Crippen LogP contribution is -2.49. The monoisotopic (exact) mass is 589 g/mol. The zero-order valence-electron chi connectivity index (χ0n) is 24.6. The largest absolute Gasteiger partial charge is 0.444 e. The Morgan fingerprint density at radius 2 is 1.66 bits per heavy atom. The van der Waals surface area contributed by atoms with E-state index in [1.165, 1.54) is 6.08 Å². The van der Waals surface area contributed by atoms with Gasteiger partial charge in [0.25, 0.3) is 0 Å². The highest BCUT2D eigenvalue weighted by molar-refractivity contribution is 6.30. The molecule has 0 aliphatic carbocycles. The smallest absolute Gasteiger partial charge is 0.415 e. The Morgan fingerprint density at radius 3 is 2.20 bits per heavy atom. The summed E-state index contributed by atoms with van der Waals surface area (Å²) in [7, 11) is 0. The van der Waals surface area contributed by atoms with E-state index >= 15 is 0 Å². The third-order valence-corrected chi connectivity index (χ3v) is 7.44. The molecule has 2 heterocycles. The van der Waals surface area contributed by atoms with Crippen LogP contribution in [0.25, 0.3) is 0 Å². The number of allylic oxidation sites excluding steroid dienone is 3. The van der Waals surface area contributed by atoms with E-state index in [1.807, 2.05) is 51.7 Å². The van der Waals surface area contributed by atoms with E-state index in [2.05, 4.69) is 13.2 Å².